The third-order valence-corrected chi connectivity index (χ3v) is 6.56. The first-order valence-corrected chi connectivity index (χ1v) is 13.1. The maximum atomic E-state index is 10.5. The van der Waals surface area contributed by atoms with Crippen molar-refractivity contribution in [2.75, 3.05) is 11.5 Å². The van der Waals surface area contributed by atoms with E-state index in [1.54, 1.807) is 0 Å². The number of allylic oxidation sites excluding steroid dienone is 2. The number of nitrogen functional groups attached to an aromatic ring is 2. The number of hydrogen-bond donors (Lipinski definition) is 4. The summed E-state index contributed by atoms with van der Waals surface area (Å²) >= 11 is 0. The Hall–Kier alpha value is -4.13. The van der Waals surface area contributed by atoms with E-state index in [-0.39, 0.29) is 0 Å². The smallest absolute Gasteiger partial charge is 0.153 e. The lowest BCUT2D eigenvalue weighted by Gasteiger charge is -2.13. The molecule has 0 radical (unpaired) electrons. The van der Waals surface area contributed by atoms with Gasteiger partial charge in [0.25, 0.3) is 0 Å². The van der Waals surface area contributed by atoms with Crippen LogP contribution in [0.3, 0.4) is 0 Å². The predicted molar refractivity (Wildman–Crippen MR) is 151 cm³/mol. The Balaban J connectivity index is 0.000000144. The number of benzene rings is 2. The molecule has 0 atom stereocenters. The molecule has 6 N–H and O–H groups in total. The van der Waals surface area contributed by atoms with Gasteiger partial charge < -0.3 is 11.5 Å². The third-order valence-electron chi connectivity index (χ3n) is 6.56. The first kappa shape index (κ1) is 25.9. The van der Waals surface area contributed by atoms with Crippen LogP contribution in [0, 0.1) is 0 Å². The highest BCUT2D eigenvalue weighted by Crippen LogP contribution is 2.36. The van der Waals surface area contributed by atoms with E-state index in [0.717, 1.165) is 66.6 Å². The van der Waals surface area contributed by atoms with Gasteiger partial charge in [0.1, 0.15) is 11.6 Å². The molecule has 0 spiro atoms. The first-order valence-electron chi connectivity index (χ1n) is 13.1. The highest BCUT2D eigenvalue weighted by Gasteiger charge is 2.17. The molecule has 2 aromatic heterocycles. The largest absolute Gasteiger partial charge is 0.382 e. The Morgan fingerprint density at radius 2 is 1.35 bits per heavy atom. The van der Waals surface area contributed by atoms with Crippen molar-refractivity contribution >= 4 is 23.0 Å². The molecule has 7 nitrogen and oxygen atoms in total. The molecule has 0 aliphatic heterocycles. The van der Waals surface area contributed by atoms with Gasteiger partial charge in [0.2, 0.25) is 0 Å². The second-order valence-electron chi connectivity index (χ2n) is 9.37. The average Bonchev–Trinajstić information content (AvgIpc) is 3.57. The molecule has 0 amide bonds. The van der Waals surface area contributed by atoms with E-state index in [0.29, 0.717) is 17.4 Å². The minimum absolute atomic E-state index is 0.464. The van der Waals surface area contributed by atoms with E-state index in [2.05, 4.69) is 38.6 Å². The molecule has 192 valence electrons. The minimum atomic E-state index is 0.464. The molecule has 0 unspecified atom stereocenters. The highest BCUT2D eigenvalue weighted by atomic mass is 16.1. The number of aromatic nitrogens is 4. The van der Waals surface area contributed by atoms with Crippen molar-refractivity contribution in [2.24, 2.45) is 0 Å². The predicted octanol–water partition coefficient (Wildman–Crippen LogP) is 6.79. The number of rotatable bonds is 3. The van der Waals surface area contributed by atoms with Crippen molar-refractivity contribution < 1.29 is 4.79 Å². The monoisotopic (exact) mass is 496 g/mol. The third kappa shape index (κ3) is 7.43. The zero-order valence-corrected chi connectivity index (χ0v) is 21.2. The fraction of sp³-hybridized carbons (Fsp3) is 0.300. The van der Waals surface area contributed by atoms with Gasteiger partial charge in [-0.15, -0.1) is 0 Å². The Bertz CT molecular complexity index is 1280. The van der Waals surface area contributed by atoms with Gasteiger partial charge in [0, 0.05) is 30.0 Å². The summed E-state index contributed by atoms with van der Waals surface area (Å²) in [6, 6.07) is 22.0. The molecule has 1 saturated carbocycles. The van der Waals surface area contributed by atoms with E-state index < -0.39 is 0 Å². The first-order chi connectivity index (χ1) is 18.1. The van der Waals surface area contributed by atoms with Crippen molar-refractivity contribution in [3.63, 3.8) is 0 Å². The van der Waals surface area contributed by atoms with E-state index in [4.69, 9.17) is 11.5 Å². The van der Waals surface area contributed by atoms with Gasteiger partial charge in [-0.25, -0.2) is 0 Å². The van der Waals surface area contributed by atoms with Gasteiger partial charge in [-0.2, -0.15) is 10.2 Å². The summed E-state index contributed by atoms with van der Waals surface area (Å²) in [5.41, 5.74) is 18.2. The summed E-state index contributed by atoms with van der Waals surface area (Å²) in [4.78, 5) is 10.5. The Morgan fingerprint density at radius 1 is 0.703 bits per heavy atom. The summed E-state index contributed by atoms with van der Waals surface area (Å²) in [6.07, 6.45) is 12.3. The van der Waals surface area contributed by atoms with Crippen LogP contribution < -0.4 is 11.5 Å². The van der Waals surface area contributed by atoms with Crippen LogP contribution in [0.15, 0.2) is 72.8 Å². The summed E-state index contributed by atoms with van der Waals surface area (Å²) in [6.45, 7) is 0. The Morgan fingerprint density at radius 3 is 1.89 bits per heavy atom. The van der Waals surface area contributed by atoms with Crippen LogP contribution >= 0.6 is 0 Å². The maximum absolute atomic E-state index is 10.5. The molecule has 0 bridgehead atoms. The van der Waals surface area contributed by atoms with Crippen molar-refractivity contribution in [1.82, 2.24) is 20.4 Å². The molecule has 2 heterocycles. The zero-order chi connectivity index (χ0) is 25.9. The fourth-order valence-corrected chi connectivity index (χ4v) is 4.61. The van der Waals surface area contributed by atoms with Crippen molar-refractivity contribution in [1.29, 1.82) is 0 Å². The molecule has 2 aliphatic rings. The number of hydrogen-bond acceptors (Lipinski definition) is 5. The van der Waals surface area contributed by atoms with Gasteiger partial charge in [0.15, 0.2) is 5.82 Å². The number of carbonyl (C=O) groups is 1. The number of H-pyrrole nitrogens is 2. The second-order valence-corrected chi connectivity index (χ2v) is 9.37. The molecule has 2 aromatic carbocycles. The molecular formula is C30H36N6O. The summed E-state index contributed by atoms with van der Waals surface area (Å²) < 4.78 is 0. The summed E-state index contributed by atoms with van der Waals surface area (Å²) in [7, 11) is 0. The van der Waals surface area contributed by atoms with Crippen LogP contribution in [0.2, 0.25) is 0 Å². The summed E-state index contributed by atoms with van der Waals surface area (Å²) in [5, 5.41) is 13.9. The van der Waals surface area contributed by atoms with Gasteiger partial charge in [-0.1, -0.05) is 73.2 Å². The maximum Gasteiger partial charge on any atom is 0.153 e. The number of anilines is 2. The summed E-state index contributed by atoms with van der Waals surface area (Å²) in [5.74, 6) is 1.60. The quantitative estimate of drug-likeness (QED) is 0.248. The number of nitrogens with zero attached hydrogens (tertiary/aromatic N) is 2. The van der Waals surface area contributed by atoms with E-state index in [1.165, 1.54) is 24.8 Å². The Labute approximate surface area is 218 Å². The van der Waals surface area contributed by atoms with Gasteiger partial charge >= 0.3 is 0 Å². The number of nitrogens with one attached hydrogen (secondary N) is 2. The van der Waals surface area contributed by atoms with Crippen LogP contribution in [0.25, 0.3) is 28.1 Å². The fourth-order valence-electron chi connectivity index (χ4n) is 4.61. The highest BCUT2D eigenvalue weighted by molar-refractivity contribution is 5.85. The van der Waals surface area contributed by atoms with Crippen LogP contribution in [-0.4, -0.2) is 26.2 Å². The SMILES string of the molecule is Nc1cc(-c2ccccc2)[nH]n1.Nc1n[nH]c(-c2ccccc2)c1C1=CCCCC1.O=C1CCCCC1. The van der Waals surface area contributed by atoms with Crippen LogP contribution in [0.1, 0.15) is 63.4 Å². The lowest BCUT2D eigenvalue weighted by molar-refractivity contribution is -0.120. The van der Waals surface area contributed by atoms with Crippen LogP contribution in [-0.2, 0) is 4.79 Å². The Kier molecular flexibility index (Phi) is 9.29. The molecule has 4 aromatic rings. The number of Topliss-reactive ketones (excluding diaryl/α,β-unsaturated/α-hetero) is 1. The van der Waals surface area contributed by atoms with Gasteiger partial charge in [-0.05, 0) is 49.7 Å². The van der Waals surface area contributed by atoms with Gasteiger partial charge in [0.05, 0.1) is 11.4 Å². The van der Waals surface area contributed by atoms with Crippen LogP contribution in [0.4, 0.5) is 11.6 Å². The molecule has 0 saturated heterocycles. The second kappa shape index (κ2) is 13.3. The van der Waals surface area contributed by atoms with Crippen LogP contribution in [0.5, 0.6) is 0 Å². The molecule has 7 heteroatoms. The number of aromatic amines is 2. The average molecular weight is 497 g/mol. The zero-order valence-electron chi connectivity index (χ0n) is 21.2. The number of ketones is 1. The normalized spacial score (nSPS) is 15.0. The molecule has 6 rings (SSSR count). The molecule has 37 heavy (non-hydrogen) atoms. The van der Waals surface area contributed by atoms with Gasteiger partial charge in [-0.3, -0.25) is 15.0 Å². The standard InChI is InChI=1S/C15H17N3.C9H9N3.C6H10O/c16-15-13(11-7-3-1-4-8-11)14(17-18-15)12-9-5-2-6-10-12;10-9-6-8(11-12-9)7-4-2-1-3-5-7;7-6-4-2-1-3-5-6/h2,5-7,9-10H,1,3-4,8H2,(H3,16,17,18);1-6H,(H3,10,11,12);1-5H2. The number of nitrogens with two attached hydrogens (primary N) is 2. The number of carbonyl (C=O) groups excluding carboxylic acids is 1. The van der Waals surface area contributed by atoms with E-state index >= 15 is 0 Å². The lowest BCUT2D eigenvalue weighted by Crippen LogP contribution is -2.02. The van der Waals surface area contributed by atoms with E-state index in [1.807, 2.05) is 54.6 Å². The molecular weight excluding hydrogens is 460 g/mol. The van der Waals surface area contributed by atoms with Crippen molar-refractivity contribution in [3.05, 3.63) is 78.4 Å². The lowest BCUT2D eigenvalue weighted by atomic mass is 9.92. The molecule has 2 aliphatic carbocycles. The minimum Gasteiger partial charge on any atom is -0.382 e. The molecule has 1 fully saturated rings. The topological polar surface area (TPSA) is 126 Å². The van der Waals surface area contributed by atoms with Crippen molar-refractivity contribution in [3.8, 4) is 22.5 Å². The van der Waals surface area contributed by atoms with Crippen molar-refractivity contribution in [2.45, 2.75) is 57.8 Å². The van der Waals surface area contributed by atoms with E-state index in [9.17, 15) is 4.79 Å².